The third kappa shape index (κ3) is 4.05. The Labute approximate surface area is 75.8 Å². The van der Waals surface area contributed by atoms with Crippen LogP contribution in [0.5, 0.6) is 0 Å². The summed E-state index contributed by atoms with van der Waals surface area (Å²) in [6.07, 6.45) is 1.04. The lowest BCUT2D eigenvalue weighted by molar-refractivity contribution is -0.137. The summed E-state index contributed by atoms with van der Waals surface area (Å²) in [7, 11) is 1.16. The van der Waals surface area contributed by atoms with Crippen molar-refractivity contribution in [2.45, 2.75) is 13.8 Å². The van der Waals surface area contributed by atoms with Gasteiger partial charge in [-0.3, -0.25) is 9.59 Å². The maximum absolute atomic E-state index is 10.9. The largest absolute Gasteiger partial charge is 0.465 e. The zero-order chi connectivity index (χ0) is 10.4. The molecule has 0 atom stereocenters. The van der Waals surface area contributed by atoms with Crippen molar-refractivity contribution in [3.8, 4) is 0 Å². The Bertz CT molecular complexity index is 267. The Morgan fingerprint density at radius 2 is 1.77 bits per heavy atom. The molecular weight excluding hydrogens is 174 g/mol. The number of nitrogens with one attached hydrogen (secondary N) is 1. The highest BCUT2D eigenvalue weighted by molar-refractivity contribution is 6.16. The summed E-state index contributed by atoms with van der Waals surface area (Å²) in [6, 6.07) is 0. The van der Waals surface area contributed by atoms with Gasteiger partial charge in [-0.25, -0.2) is 4.79 Å². The molecule has 0 saturated heterocycles. The number of ketones is 1. The van der Waals surface area contributed by atoms with Crippen LogP contribution in [0, 0.1) is 0 Å². The van der Waals surface area contributed by atoms with Crippen LogP contribution >= 0.6 is 0 Å². The minimum atomic E-state index is -0.763. The Balaban J connectivity index is 4.60. The van der Waals surface area contributed by atoms with Gasteiger partial charge in [0.25, 0.3) is 0 Å². The summed E-state index contributed by atoms with van der Waals surface area (Å²) < 4.78 is 4.33. The minimum absolute atomic E-state index is 0.183. The molecule has 0 aliphatic heterocycles. The molecule has 1 N–H and O–H groups in total. The van der Waals surface area contributed by atoms with Crippen molar-refractivity contribution < 1.29 is 19.1 Å². The molecule has 0 aromatic heterocycles. The standard InChI is InChI=1S/C8H11NO4/c1-5(10)7(8(12)13-3)4-9-6(2)11/h4H,1-3H3,(H,9,11). The minimum Gasteiger partial charge on any atom is -0.465 e. The summed E-state index contributed by atoms with van der Waals surface area (Å²) in [5, 5.41) is 2.22. The van der Waals surface area contributed by atoms with Gasteiger partial charge in [-0.2, -0.15) is 0 Å². The van der Waals surface area contributed by atoms with E-state index < -0.39 is 11.8 Å². The first-order valence-corrected chi connectivity index (χ1v) is 3.55. The van der Waals surface area contributed by atoms with Gasteiger partial charge < -0.3 is 10.1 Å². The molecule has 0 aromatic carbocycles. The lowest BCUT2D eigenvalue weighted by Gasteiger charge is -2.00. The molecule has 0 saturated carbocycles. The van der Waals surface area contributed by atoms with Gasteiger partial charge in [0, 0.05) is 13.1 Å². The van der Waals surface area contributed by atoms with Crippen LogP contribution in [0.4, 0.5) is 0 Å². The molecule has 72 valence electrons. The number of esters is 1. The highest BCUT2D eigenvalue weighted by atomic mass is 16.5. The van der Waals surface area contributed by atoms with Crippen molar-refractivity contribution in [1.29, 1.82) is 0 Å². The van der Waals surface area contributed by atoms with E-state index in [4.69, 9.17) is 0 Å². The van der Waals surface area contributed by atoms with Crippen molar-refractivity contribution in [2.24, 2.45) is 0 Å². The zero-order valence-electron chi connectivity index (χ0n) is 7.71. The summed E-state index contributed by atoms with van der Waals surface area (Å²) in [4.78, 5) is 32.2. The lowest BCUT2D eigenvalue weighted by Crippen LogP contribution is -2.19. The summed E-state index contributed by atoms with van der Waals surface area (Å²) in [5.41, 5.74) is -0.183. The van der Waals surface area contributed by atoms with Crippen molar-refractivity contribution in [3.05, 3.63) is 11.8 Å². The van der Waals surface area contributed by atoms with E-state index in [-0.39, 0.29) is 11.5 Å². The summed E-state index contributed by atoms with van der Waals surface area (Å²) >= 11 is 0. The van der Waals surface area contributed by atoms with Gasteiger partial charge in [0.15, 0.2) is 5.78 Å². The number of hydrogen-bond acceptors (Lipinski definition) is 4. The van der Waals surface area contributed by atoms with E-state index in [1.807, 2.05) is 0 Å². The van der Waals surface area contributed by atoms with Crippen LogP contribution in [-0.2, 0) is 19.1 Å². The fourth-order valence-corrected chi connectivity index (χ4v) is 0.588. The van der Waals surface area contributed by atoms with Crippen molar-refractivity contribution >= 4 is 17.7 Å². The molecule has 1 amide bonds. The fourth-order valence-electron chi connectivity index (χ4n) is 0.588. The van der Waals surface area contributed by atoms with Crippen LogP contribution in [-0.4, -0.2) is 24.8 Å². The molecule has 0 unspecified atom stereocenters. The van der Waals surface area contributed by atoms with E-state index in [0.717, 1.165) is 13.3 Å². The van der Waals surface area contributed by atoms with Crippen LogP contribution in [0.15, 0.2) is 11.8 Å². The van der Waals surface area contributed by atoms with E-state index in [9.17, 15) is 14.4 Å². The molecule has 0 heterocycles. The molecule has 0 rings (SSSR count). The summed E-state index contributed by atoms with van der Waals surface area (Å²) in [6.45, 7) is 2.48. The highest BCUT2D eigenvalue weighted by Gasteiger charge is 2.14. The first kappa shape index (κ1) is 11.4. The average Bonchev–Trinajstić information content (AvgIpc) is 2.03. The van der Waals surface area contributed by atoms with Gasteiger partial charge in [-0.15, -0.1) is 0 Å². The smallest absolute Gasteiger partial charge is 0.342 e. The van der Waals surface area contributed by atoms with Gasteiger partial charge in [0.05, 0.1) is 7.11 Å². The maximum Gasteiger partial charge on any atom is 0.342 e. The van der Waals surface area contributed by atoms with Crippen molar-refractivity contribution in [3.63, 3.8) is 0 Å². The van der Waals surface area contributed by atoms with Gasteiger partial charge in [-0.05, 0) is 6.92 Å². The number of rotatable bonds is 3. The van der Waals surface area contributed by atoms with Gasteiger partial charge >= 0.3 is 5.97 Å². The van der Waals surface area contributed by atoms with E-state index >= 15 is 0 Å². The topological polar surface area (TPSA) is 72.5 Å². The Kier molecular flexibility index (Phi) is 4.43. The molecule has 0 spiro atoms. The predicted octanol–water partition coefficient (Wildman–Crippen LogP) is -0.232. The van der Waals surface area contributed by atoms with Crippen molar-refractivity contribution in [1.82, 2.24) is 5.32 Å². The maximum atomic E-state index is 10.9. The van der Waals surface area contributed by atoms with Crippen LogP contribution in [0.2, 0.25) is 0 Å². The quantitative estimate of drug-likeness (QED) is 0.285. The predicted molar refractivity (Wildman–Crippen MR) is 44.6 cm³/mol. The van der Waals surface area contributed by atoms with Crippen LogP contribution in [0.25, 0.3) is 0 Å². The highest BCUT2D eigenvalue weighted by Crippen LogP contribution is 1.97. The normalized spacial score (nSPS) is 10.5. The average molecular weight is 185 g/mol. The molecule has 13 heavy (non-hydrogen) atoms. The monoisotopic (exact) mass is 185 g/mol. The first-order valence-electron chi connectivity index (χ1n) is 3.55. The van der Waals surface area contributed by atoms with Crippen LogP contribution < -0.4 is 5.32 Å². The molecule has 5 nitrogen and oxygen atoms in total. The molecule has 0 aliphatic rings. The van der Waals surface area contributed by atoms with Crippen molar-refractivity contribution in [2.75, 3.05) is 7.11 Å². The number of methoxy groups -OCH3 is 1. The number of carbonyl (C=O) groups excluding carboxylic acids is 3. The Hall–Kier alpha value is -1.65. The molecule has 5 heteroatoms. The third-order valence-electron chi connectivity index (χ3n) is 1.20. The fraction of sp³-hybridized carbons (Fsp3) is 0.375. The first-order chi connectivity index (χ1) is 5.99. The molecule has 0 aromatic rings. The number of Topliss-reactive ketones (excluding diaryl/α,β-unsaturated/α-hetero) is 1. The zero-order valence-corrected chi connectivity index (χ0v) is 7.71. The van der Waals surface area contributed by atoms with Gasteiger partial charge in [0.2, 0.25) is 5.91 Å². The third-order valence-corrected chi connectivity index (χ3v) is 1.20. The molecular formula is C8H11NO4. The Morgan fingerprint density at radius 1 is 1.23 bits per heavy atom. The van der Waals surface area contributed by atoms with E-state index in [0.29, 0.717) is 0 Å². The van der Waals surface area contributed by atoms with E-state index in [2.05, 4.69) is 10.1 Å². The number of ether oxygens (including phenoxy) is 1. The molecule has 0 bridgehead atoms. The summed E-state index contributed by atoms with van der Waals surface area (Å²) in [5.74, 6) is -1.58. The number of hydrogen-bond donors (Lipinski definition) is 1. The van der Waals surface area contributed by atoms with Gasteiger partial charge in [-0.1, -0.05) is 0 Å². The second-order valence-corrected chi connectivity index (χ2v) is 2.31. The number of carbonyl (C=O) groups is 3. The van der Waals surface area contributed by atoms with E-state index in [1.54, 1.807) is 0 Å². The molecule has 0 radical (unpaired) electrons. The molecule has 0 fully saturated rings. The second kappa shape index (κ2) is 5.08. The lowest BCUT2D eigenvalue weighted by atomic mass is 10.2. The number of amides is 1. The van der Waals surface area contributed by atoms with E-state index in [1.165, 1.54) is 13.8 Å². The SMILES string of the molecule is COC(=O)C(=CNC(C)=O)C(C)=O. The molecule has 0 aliphatic carbocycles. The Morgan fingerprint density at radius 3 is 2.08 bits per heavy atom. The van der Waals surface area contributed by atoms with Gasteiger partial charge in [0.1, 0.15) is 5.57 Å². The second-order valence-electron chi connectivity index (χ2n) is 2.31. The van der Waals surface area contributed by atoms with Crippen LogP contribution in [0.1, 0.15) is 13.8 Å². The van der Waals surface area contributed by atoms with Crippen LogP contribution in [0.3, 0.4) is 0 Å².